The molecule has 0 fully saturated rings. The first-order valence-electron chi connectivity index (χ1n) is 5.48. The van der Waals surface area contributed by atoms with Gasteiger partial charge >= 0.3 is 0 Å². The number of nitrogen functional groups attached to an aromatic ring is 1. The van der Waals surface area contributed by atoms with E-state index in [2.05, 4.69) is 27.7 Å². The summed E-state index contributed by atoms with van der Waals surface area (Å²) in [5, 5.41) is 5.18. The van der Waals surface area contributed by atoms with Gasteiger partial charge in [0.2, 0.25) is 0 Å². The van der Waals surface area contributed by atoms with E-state index in [1.807, 2.05) is 22.9 Å². The third kappa shape index (κ3) is 1.83. The molecule has 2 aromatic rings. The summed E-state index contributed by atoms with van der Waals surface area (Å²) in [4.78, 5) is 0. The summed E-state index contributed by atoms with van der Waals surface area (Å²) in [6.45, 7) is 0. The van der Waals surface area contributed by atoms with Crippen LogP contribution in [0.3, 0.4) is 0 Å². The Hall–Kier alpha value is -0.750. The number of hydrogen-bond acceptors (Lipinski definition) is 2. The van der Waals surface area contributed by atoms with E-state index in [1.165, 1.54) is 17.7 Å². The molecular weight excluding hydrogens is 349 g/mol. The van der Waals surface area contributed by atoms with Crippen molar-refractivity contribution < 1.29 is 0 Å². The van der Waals surface area contributed by atoms with E-state index in [4.69, 9.17) is 17.3 Å². The predicted molar refractivity (Wildman–Crippen MR) is 77.7 cm³/mol. The van der Waals surface area contributed by atoms with E-state index in [-0.39, 0.29) is 0 Å². The monoisotopic (exact) mass is 359 g/mol. The van der Waals surface area contributed by atoms with Gasteiger partial charge in [-0.2, -0.15) is 5.10 Å². The van der Waals surface area contributed by atoms with Crippen molar-refractivity contribution in [3.05, 3.63) is 38.0 Å². The van der Waals surface area contributed by atoms with Crippen LogP contribution < -0.4 is 5.73 Å². The molecular formula is C12H11ClIN3. The molecule has 0 aliphatic heterocycles. The maximum absolute atomic E-state index is 5.97. The molecule has 0 bridgehead atoms. The number of fused-ring (bicyclic) bond motifs is 1. The Kier molecular flexibility index (Phi) is 2.78. The third-order valence-corrected chi connectivity index (χ3v) is 4.20. The van der Waals surface area contributed by atoms with Crippen LogP contribution in [-0.2, 0) is 12.8 Å². The van der Waals surface area contributed by atoms with Crippen LogP contribution in [0.5, 0.6) is 0 Å². The van der Waals surface area contributed by atoms with E-state index in [0.717, 1.165) is 27.1 Å². The van der Waals surface area contributed by atoms with E-state index in [9.17, 15) is 0 Å². The van der Waals surface area contributed by atoms with Crippen LogP contribution >= 0.6 is 34.2 Å². The minimum atomic E-state index is 0.670. The first-order chi connectivity index (χ1) is 8.16. The quantitative estimate of drug-likeness (QED) is 0.795. The van der Waals surface area contributed by atoms with Crippen LogP contribution in [0.2, 0.25) is 5.02 Å². The SMILES string of the molecule is Nc1nn(-c2ccc(Cl)cc2I)c2c1CCC2. The summed E-state index contributed by atoms with van der Waals surface area (Å²) in [7, 11) is 0. The van der Waals surface area contributed by atoms with Crippen molar-refractivity contribution in [3.63, 3.8) is 0 Å². The lowest BCUT2D eigenvalue weighted by Crippen LogP contribution is -2.03. The topological polar surface area (TPSA) is 43.8 Å². The number of rotatable bonds is 1. The molecule has 1 aliphatic rings. The zero-order valence-electron chi connectivity index (χ0n) is 9.08. The largest absolute Gasteiger partial charge is 0.382 e. The third-order valence-electron chi connectivity index (χ3n) is 3.10. The molecule has 0 radical (unpaired) electrons. The maximum atomic E-state index is 5.97. The fourth-order valence-electron chi connectivity index (χ4n) is 2.32. The van der Waals surface area contributed by atoms with Gasteiger partial charge in [-0.25, -0.2) is 4.68 Å². The molecule has 1 aliphatic carbocycles. The van der Waals surface area contributed by atoms with Gasteiger partial charge in [-0.05, 0) is 60.1 Å². The molecule has 1 heterocycles. The number of hydrogen-bond donors (Lipinski definition) is 1. The summed E-state index contributed by atoms with van der Waals surface area (Å²) >= 11 is 8.25. The first-order valence-corrected chi connectivity index (χ1v) is 6.94. The van der Waals surface area contributed by atoms with Crippen LogP contribution in [0.4, 0.5) is 5.82 Å². The second kappa shape index (κ2) is 4.17. The molecule has 88 valence electrons. The summed E-state index contributed by atoms with van der Waals surface area (Å²) in [6, 6.07) is 5.82. The zero-order valence-corrected chi connectivity index (χ0v) is 12.0. The van der Waals surface area contributed by atoms with Crippen LogP contribution in [0, 0.1) is 3.57 Å². The predicted octanol–water partition coefficient (Wildman–Crippen LogP) is 3.20. The van der Waals surface area contributed by atoms with Gasteiger partial charge in [-0.1, -0.05) is 11.6 Å². The highest BCUT2D eigenvalue weighted by molar-refractivity contribution is 14.1. The lowest BCUT2D eigenvalue weighted by Gasteiger charge is -2.08. The summed E-state index contributed by atoms with van der Waals surface area (Å²) in [5.41, 5.74) is 9.48. The Morgan fingerprint density at radius 1 is 1.35 bits per heavy atom. The number of benzene rings is 1. The average Bonchev–Trinajstić information content (AvgIpc) is 2.84. The van der Waals surface area contributed by atoms with Crippen LogP contribution in [0.25, 0.3) is 5.69 Å². The molecule has 5 heteroatoms. The molecule has 0 atom stereocenters. The molecule has 3 nitrogen and oxygen atoms in total. The molecule has 0 saturated carbocycles. The lowest BCUT2D eigenvalue weighted by atomic mass is 10.2. The number of nitrogens with two attached hydrogens (primary N) is 1. The van der Waals surface area contributed by atoms with E-state index in [0.29, 0.717) is 5.82 Å². The molecule has 3 rings (SSSR count). The van der Waals surface area contributed by atoms with Gasteiger partial charge in [-0.15, -0.1) is 0 Å². The van der Waals surface area contributed by atoms with Gasteiger partial charge < -0.3 is 5.73 Å². The smallest absolute Gasteiger partial charge is 0.149 e. The molecule has 0 saturated heterocycles. The molecule has 2 N–H and O–H groups in total. The van der Waals surface area contributed by atoms with Crippen molar-refractivity contribution in [2.45, 2.75) is 19.3 Å². The van der Waals surface area contributed by atoms with Crippen molar-refractivity contribution in [2.24, 2.45) is 0 Å². The van der Waals surface area contributed by atoms with Crippen molar-refractivity contribution >= 4 is 40.0 Å². The number of halogens is 2. The minimum absolute atomic E-state index is 0.670. The summed E-state index contributed by atoms with van der Waals surface area (Å²) < 4.78 is 3.06. The van der Waals surface area contributed by atoms with Gasteiger partial charge in [0.05, 0.1) is 5.69 Å². The van der Waals surface area contributed by atoms with Crippen LogP contribution in [-0.4, -0.2) is 9.78 Å². The fraction of sp³-hybridized carbons (Fsp3) is 0.250. The Morgan fingerprint density at radius 2 is 2.18 bits per heavy atom. The minimum Gasteiger partial charge on any atom is -0.382 e. The van der Waals surface area contributed by atoms with Crippen LogP contribution in [0.15, 0.2) is 18.2 Å². The Bertz CT molecular complexity index is 592. The highest BCUT2D eigenvalue weighted by atomic mass is 127. The van der Waals surface area contributed by atoms with E-state index in [1.54, 1.807) is 0 Å². The van der Waals surface area contributed by atoms with Gasteiger partial charge in [0.15, 0.2) is 0 Å². The molecule has 0 amide bonds. The van der Waals surface area contributed by atoms with Gasteiger partial charge in [0, 0.05) is 19.9 Å². The highest BCUT2D eigenvalue weighted by Crippen LogP contribution is 2.31. The first kappa shape index (κ1) is 11.3. The summed E-state index contributed by atoms with van der Waals surface area (Å²) in [5.74, 6) is 0.670. The Balaban J connectivity index is 2.19. The molecule has 0 unspecified atom stereocenters. The number of aromatic nitrogens is 2. The highest BCUT2D eigenvalue weighted by Gasteiger charge is 2.22. The molecule has 1 aromatic carbocycles. The average molecular weight is 360 g/mol. The lowest BCUT2D eigenvalue weighted by molar-refractivity contribution is 0.786. The molecule has 17 heavy (non-hydrogen) atoms. The number of nitrogens with zero attached hydrogens (tertiary/aromatic N) is 2. The number of anilines is 1. The summed E-state index contributed by atoms with van der Waals surface area (Å²) in [6.07, 6.45) is 3.27. The maximum Gasteiger partial charge on any atom is 0.149 e. The standard InChI is InChI=1S/C12H11ClIN3/c13-7-4-5-11(9(14)6-7)17-10-3-1-2-8(10)12(15)16-17/h4-6H,1-3H2,(H2,15,16). The fourth-order valence-corrected chi connectivity index (χ4v) is 3.42. The Labute approximate surface area is 118 Å². The zero-order chi connectivity index (χ0) is 12.0. The normalized spacial score (nSPS) is 14.0. The molecule has 1 aromatic heterocycles. The van der Waals surface area contributed by atoms with E-state index >= 15 is 0 Å². The van der Waals surface area contributed by atoms with Gasteiger partial charge in [0.1, 0.15) is 5.82 Å². The van der Waals surface area contributed by atoms with Crippen molar-refractivity contribution in [3.8, 4) is 5.69 Å². The van der Waals surface area contributed by atoms with Crippen LogP contribution in [0.1, 0.15) is 17.7 Å². The van der Waals surface area contributed by atoms with Crippen molar-refractivity contribution in [1.29, 1.82) is 0 Å². The second-order valence-corrected chi connectivity index (χ2v) is 5.77. The molecule has 0 spiro atoms. The second-order valence-electron chi connectivity index (χ2n) is 4.17. The Morgan fingerprint density at radius 3 is 2.94 bits per heavy atom. The van der Waals surface area contributed by atoms with Crippen molar-refractivity contribution in [1.82, 2.24) is 9.78 Å². The van der Waals surface area contributed by atoms with Gasteiger partial charge in [0.25, 0.3) is 0 Å². The van der Waals surface area contributed by atoms with Gasteiger partial charge in [-0.3, -0.25) is 0 Å². The van der Waals surface area contributed by atoms with Crippen molar-refractivity contribution in [2.75, 3.05) is 5.73 Å². The van der Waals surface area contributed by atoms with E-state index < -0.39 is 0 Å².